The lowest BCUT2D eigenvalue weighted by atomic mass is 9.99. The Kier molecular flexibility index (Phi) is 4.32. The summed E-state index contributed by atoms with van der Waals surface area (Å²) in [4.78, 5) is 3.99. The minimum atomic E-state index is -3.88. The Hall–Kier alpha value is -1.84. The Morgan fingerprint density at radius 1 is 1.15 bits per heavy atom. The van der Waals surface area contributed by atoms with Gasteiger partial charge in [0, 0.05) is 18.7 Å². The van der Waals surface area contributed by atoms with Crippen LogP contribution in [0.25, 0.3) is 11.5 Å². The van der Waals surface area contributed by atoms with Gasteiger partial charge in [0.25, 0.3) is 5.89 Å². The lowest BCUT2D eigenvalue weighted by molar-refractivity contribution is 0.372. The van der Waals surface area contributed by atoms with E-state index in [1.54, 1.807) is 0 Å². The number of hydrogen-bond acceptors (Lipinski definition) is 6. The van der Waals surface area contributed by atoms with Crippen molar-refractivity contribution in [3.8, 4) is 11.5 Å². The van der Waals surface area contributed by atoms with Gasteiger partial charge in [-0.15, -0.1) is 0 Å². The number of rotatable bonds is 4. The van der Waals surface area contributed by atoms with Crippen molar-refractivity contribution in [2.24, 2.45) is 5.73 Å². The smallest absolute Gasteiger partial charge is 0.258 e. The summed E-state index contributed by atoms with van der Waals surface area (Å²) in [6.07, 6.45) is 5.15. The molecular formula is C17H21FN4O3S. The van der Waals surface area contributed by atoms with Crippen molar-refractivity contribution in [2.45, 2.75) is 49.0 Å². The summed E-state index contributed by atoms with van der Waals surface area (Å²) in [5, 5.41) is 3.97. The van der Waals surface area contributed by atoms with E-state index in [4.69, 9.17) is 10.3 Å². The molecule has 2 aromatic rings. The highest BCUT2D eigenvalue weighted by Crippen LogP contribution is 2.36. The van der Waals surface area contributed by atoms with E-state index in [1.165, 1.54) is 16.4 Å². The highest BCUT2D eigenvalue weighted by atomic mass is 32.2. The molecule has 4 rings (SSSR count). The van der Waals surface area contributed by atoms with Crippen LogP contribution in [-0.4, -0.2) is 36.0 Å². The molecule has 0 radical (unpaired) electrons. The average Bonchev–Trinajstić information content (AvgIpc) is 3.37. The fourth-order valence-corrected chi connectivity index (χ4v) is 5.28. The fraction of sp³-hybridized carbons (Fsp3) is 0.529. The van der Waals surface area contributed by atoms with Crippen LogP contribution in [0.3, 0.4) is 0 Å². The Morgan fingerprint density at radius 2 is 1.85 bits per heavy atom. The minimum absolute atomic E-state index is 0.148. The van der Waals surface area contributed by atoms with Gasteiger partial charge in [-0.1, -0.05) is 18.0 Å². The van der Waals surface area contributed by atoms with E-state index in [0.717, 1.165) is 44.6 Å². The molecule has 0 unspecified atom stereocenters. The van der Waals surface area contributed by atoms with Crippen molar-refractivity contribution >= 4 is 10.0 Å². The van der Waals surface area contributed by atoms with Gasteiger partial charge in [-0.05, 0) is 43.9 Å². The number of nitrogens with zero attached hydrogens (tertiary/aromatic N) is 3. The van der Waals surface area contributed by atoms with E-state index < -0.39 is 21.4 Å². The molecule has 0 amide bonds. The van der Waals surface area contributed by atoms with Gasteiger partial charge in [0.2, 0.25) is 10.0 Å². The molecule has 1 aromatic heterocycles. The topological polar surface area (TPSA) is 102 Å². The van der Waals surface area contributed by atoms with Gasteiger partial charge in [0.05, 0.1) is 5.54 Å². The predicted octanol–water partition coefficient (Wildman–Crippen LogP) is 2.39. The molecule has 1 saturated carbocycles. The maximum Gasteiger partial charge on any atom is 0.258 e. The number of sulfonamides is 1. The maximum atomic E-state index is 14.3. The van der Waals surface area contributed by atoms with Crippen molar-refractivity contribution in [2.75, 3.05) is 13.1 Å². The standard InChI is InChI=1S/C17H21FN4O3S/c18-13-6-5-12(11-14(13)26(23,24)22-9-3-4-10-22)15-20-16(21-25-15)17(19)7-1-2-8-17/h5-6,11H,1-4,7-10,19H2. The molecule has 2 fully saturated rings. The normalized spacial score (nSPS) is 20.7. The molecule has 1 aliphatic heterocycles. The highest BCUT2D eigenvalue weighted by Gasteiger charge is 2.36. The van der Waals surface area contributed by atoms with Crippen LogP contribution < -0.4 is 5.73 Å². The number of benzene rings is 1. The van der Waals surface area contributed by atoms with Gasteiger partial charge in [0.1, 0.15) is 10.7 Å². The monoisotopic (exact) mass is 380 g/mol. The van der Waals surface area contributed by atoms with E-state index >= 15 is 0 Å². The van der Waals surface area contributed by atoms with Crippen LogP contribution in [0.4, 0.5) is 4.39 Å². The average molecular weight is 380 g/mol. The van der Waals surface area contributed by atoms with Gasteiger partial charge < -0.3 is 10.3 Å². The van der Waals surface area contributed by atoms with Crippen molar-refractivity contribution in [3.63, 3.8) is 0 Å². The Balaban J connectivity index is 1.69. The number of hydrogen-bond donors (Lipinski definition) is 1. The lowest BCUT2D eigenvalue weighted by Crippen LogP contribution is -2.34. The molecule has 7 nitrogen and oxygen atoms in total. The van der Waals surface area contributed by atoms with Gasteiger partial charge in [0.15, 0.2) is 5.82 Å². The van der Waals surface area contributed by atoms with Crippen LogP contribution in [0.5, 0.6) is 0 Å². The highest BCUT2D eigenvalue weighted by molar-refractivity contribution is 7.89. The van der Waals surface area contributed by atoms with Crippen LogP contribution in [0.15, 0.2) is 27.6 Å². The van der Waals surface area contributed by atoms with Crippen LogP contribution in [-0.2, 0) is 15.6 Å². The maximum absolute atomic E-state index is 14.3. The summed E-state index contributed by atoms with van der Waals surface area (Å²) in [6.45, 7) is 0.818. The van der Waals surface area contributed by atoms with E-state index in [1.807, 2.05) is 0 Å². The molecule has 2 aliphatic rings. The van der Waals surface area contributed by atoms with Crippen LogP contribution in [0, 0.1) is 5.82 Å². The molecule has 0 spiro atoms. The van der Waals surface area contributed by atoms with E-state index in [0.29, 0.717) is 24.5 Å². The first kappa shape index (κ1) is 17.6. The van der Waals surface area contributed by atoms with E-state index in [-0.39, 0.29) is 10.8 Å². The molecule has 9 heteroatoms. The van der Waals surface area contributed by atoms with Crippen LogP contribution in [0.1, 0.15) is 44.3 Å². The van der Waals surface area contributed by atoms with Gasteiger partial charge >= 0.3 is 0 Å². The summed E-state index contributed by atoms with van der Waals surface area (Å²) in [5.41, 5.74) is 6.09. The third kappa shape index (κ3) is 2.93. The van der Waals surface area contributed by atoms with Crippen molar-refractivity contribution in [3.05, 3.63) is 29.8 Å². The van der Waals surface area contributed by atoms with Gasteiger partial charge in [-0.3, -0.25) is 0 Å². The van der Waals surface area contributed by atoms with Gasteiger partial charge in [-0.2, -0.15) is 9.29 Å². The van der Waals surface area contributed by atoms with Crippen molar-refractivity contribution in [1.82, 2.24) is 14.4 Å². The third-order valence-electron chi connectivity index (χ3n) is 5.23. The number of halogens is 1. The zero-order valence-electron chi connectivity index (χ0n) is 14.3. The molecular weight excluding hydrogens is 359 g/mol. The lowest BCUT2D eigenvalue weighted by Gasteiger charge is -2.17. The SMILES string of the molecule is NC1(c2noc(-c3ccc(F)c(S(=O)(=O)N4CCCC4)c3)n2)CCCC1. The largest absolute Gasteiger partial charge is 0.334 e. The first-order chi connectivity index (χ1) is 12.4. The molecule has 26 heavy (non-hydrogen) atoms. The molecule has 1 aliphatic carbocycles. The first-order valence-electron chi connectivity index (χ1n) is 8.83. The summed E-state index contributed by atoms with van der Waals surface area (Å²) in [7, 11) is -3.88. The molecule has 1 saturated heterocycles. The van der Waals surface area contributed by atoms with Crippen LogP contribution >= 0.6 is 0 Å². The second-order valence-corrected chi connectivity index (χ2v) is 8.95. The molecule has 2 N–H and O–H groups in total. The second kappa shape index (κ2) is 6.40. The molecule has 2 heterocycles. The zero-order chi connectivity index (χ0) is 18.4. The number of aromatic nitrogens is 2. The molecule has 140 valence electrons. The van der Waals surface area contributed by atoms with Gasteiger partial charge in [-0.25, -0.2) is 12.8 Å². The molecule has 1 aromatic carbocycles. The Bertz CT molecular complexity index is 916. The van der Waals surface area contributed by atoms with E-state index in [2.05, 4.69) is 10.1 Å². The first-order valence-corrected chi connectivity index (χ1v) is 10.3. The summed E-state index contributed by atoms with van der Waals surface area (Å²) >= 11 is 0. The predicted molar refractivity (Wildman–Crippen MR) is 92.0 cm³/mol. The van der Waals surface area contributed by atoms with Crippen molar-refractivity contribution < 1.29 is 17.3 Å². The second-order valence-electron chi connectivity index (χ2n) is 7.04. The molecule has 0 atom stereocenters. The summed E-state index contributed by atoms with van der Waals surface area (Å²) in [6, 6.07) is 3.82. The van der Waals surface area contributed by atoms with Crippen LogP contribution in [0.2, 0.25) is 0 Å². The third-order valence-corrected chi connectivity index (χ3v) is 7.14. The van der Waals surface area contributed by atoms with Crippen molar-refractivity contribution in [1.29, 1.82) is 0 Å². The Morgan fingerprint density at radius 3 is 2.54 bits per heavy atom. The zero-order valence-corrected chi connectivity index (χ0v) is 15.1. The summed E-state index contributed by atoms with van der Waals surface area (Å²) in [5.74, 6) is -0.223. The van der Waals surface area contributed by atoms with E-state index in [9.17, 15) is 12.8 Å². The summed E-state index contributed by atoms with van der Waals surface area (Å²) < 4.78 is 46.3. The minimum Gasteiger partial charge on any atom is -0.334 e. The fourth-order valence-electron chi connectivity index (χ4n) is 3.67. The quantitative estimate of drug-likeness (QED) is 0.874. The molecule has 0 bridgehead atoms. The number of nitrogens with two attached hydrogens (primary N) is 1. The Labute approximate surface area is 151 Å².